The molecule has 0 aromatic heterocycles. The van der Waals surface area contributed by atoms with Gasteiger partial charge in [-0.05, 0) is 17.9 Å². The summed E-state index contributed by atoms with van der Waals surface area (Å²) in [6.07, 6.45) is 0.865. The first-order valence-corrected chi connectivity index (χ1v) is 10.6. The van der Waals surface area contributed by atoms with Gasteiger partial charge in [0.1, 0.15) is 0 Å². The number of hydrogen-bond acceptors (Lipinski definition) is 4. The highest BCUT2D eigenvalue weighted by atomic mass is 127. The van der Waals surface area contributed by atoms with Crippen molar-refractivity contribution in [2.75, 3.05) is 39.1 Å². The molecule has 0 heterocycles. The number of nitrogens with zero attached hydrogens (tertiary/aromatic N) is 1. The summed E-state index contributed by atoms with van der Waals surface area (Å²) in [7, 11) is -1.68. The first-order valence-electron chi connectivity index (χ1n) is 8.96. The van der Waals surface area contributed by atoms with Crippen LogP contribution in [0.4, 0.5) is 0 Å². The minimum absolute atomic E-state index is 0. The molecule has 27 heavy (non-hydrogen) atoms. The van der Waals surface area contributed by atoms with Crippen molar-refractivity contribution in [2.45, 2.75) is 26.8 Å². The molecule has 0 unspecified atom stereocenters. The normalized spacial score (nSPS) is 11.9. The summed E-state index contributed by atoms with van der Waals surface area (Å²) in [4.78, 5) is 4.09. The van der Waals surface area contributed by atoms with E-state index in [1.165, 1.54) is 0 Å². The number of rotatable bonds is 12. The number of ether oxygens (including phenoxy) is 1. The molecule has 0 saturated carbocycles. The molecule has 1 aromatic rings. The second-order valence-corrected chi connectivity index (χ2v) is 8.30. The number of halogens is 1. The van der Waals surface area contributed by atoms with Crippen molar-refractivity contribution in [2.24, 2.45) is 10.9 Å². The molecule has 0 radical (unpaired) electrons. The van der Waals surface area contributed by atoms with Gasteiger partial charge in [-0.3, -0.25) is 4.99 Å². The number of hydrogen-bond donors (Lipinski definition) is 3. The van der Waals surface area contributed by atoms with Gasteiger partial charge in [-0.1, -0.05) is 44.2 Å². The summed E-state index contributed by atoms with van der Waals surface area (Å²) in [5.41, 5.74) is 0.932. The molecule has 9 heteroatoms. The average molecular weight is 512 g/mol. The highest BCUT2D eigenvalue weighted by Crippen LogP contribution is 1.98. The molecule has 7 nitrogen and oxygen atoms in total. The smallest absolute Gasteiger partial charge is 0.213 e. The summed E-state index contributed by atoms with van der Waals surface area (Å²) in [5.74, 6) is 1.11. The van der Waals surface area contributed by atoms with Crippen LogP contribution in [0, 0.1) is 5.92 Å². The molecule has 1 rings (SSSR count). The Morgan fingerprint density at radius 1 is 1.15 bits per heavy atom. The quantitative estimate of drug-likeness (QED) is 0.172. The third kappa shape index (κ3) is 13.8. The monoisotopic (exact) mass is 512 g/mol. The van der Waals surface area contributed by atoms with Crippen LogP contribution in [0.15, 0.2) is 35.3 Å². The Hall–Kier alpha value is -0.910. The Bertz CT molecular complexity index is 625. The lowest BCUT2D eigenvalue weighted by Gasteiger charge is -2.13. The lowest BCUT2D eigenvalue weighted by molar-refractivity contribution is 0.108. The standard InChI is InChI=1S/C18H32N4O3S.HI/c1-16(2)15-25-12-7-10-20-18(19-3)21-11-13-26(23,24)22-14-17-8-5-4-6-9-17;/h4-6,8-9,16,22H,7,10-15H2,1-3H3,(H2,19,20,21);1H. The third-order valence-corrected chi connectivity index (χ3v) is 4.76. The average Bonchev–Trinajstić information content (AvgIpc) is 2.62. The van der Waals surface area contributed by atoms with Crippen molar-refractivity contribution < 1.29 is 13.2 Å². The highest BCUT2D eigenvalue weighted by Gasteiger charge is 2.10. The first kappa shape index (κ1) is 26.1. The molecule has 0 amide bonds. The van der Waals surface area contributed by atoms with Crippen LogP contribution < -0.4 is 15.4 Å². The van der Waals surface area contributed by atoms with E-state index in [0.717, 1.165) is 25.1 Å². The van der Waals surface area contributed by atoms with E-state index in [2.05, 4.69) is 34.2 Å². The molecular weight excluding hydrogens is 479 g/mol. The van der Waals surface area contributed by atoms with Gasteiger partial charge in [0.2, 0.25) is 10.0 Å². The first-order chi connectivity index (χ1) is 12.4. The van der Waals surface area contributed by atoms with Crippen LogP contribution in [0.3, 0.4) is 0 Å². The summed E-state index contributed by atoms with van der Waals surface area (Å²) in [6.45, 7) is 7.00. The summed E-state index contributed by atoms with van der Waals surface area (Å²) >= 11 is 0. The zero-order valence-corrected chi connectivity index (χ0v) is 19.5. The van der Waals surface area contributed by atoms with Crippen molar-refractivity contribution in [3.63, 3.8) is 0 Å². The van der Waals surface area contributed by atoms with Gasteiger partial charge >= 0.3 is 0 Å². The molecule has 0 spiro atoms. The molecule has 1 aromatic carbocycles. The van der Waals surface area contributed by atoms with E-state index in [0.29, 0.717) is 25.0 Å². The fourth-order valence-corrected chi connectivity index (χ4v) is 2.99. The largest absolute Gasteiger partial charge is 0.381 e. The van der Waals surface area contributed by atoms with Gasteiger partial charge in [0, 0.05) is 39.9 Å². The summed E-state index contributed by atoms with van der Waals surface area (Å²) < 4.78 is 32.2. The van der Waals surface area contributed by atoms with Crippen molar-refractivity contribution in [3.8, 4) is 0 Å². The molecule has 0 aliphatic heterocycles. The van der Waals surface area contributed by atoms with E-state index < -0.39 is 10.0 Å². The molecule has 0 aliphatic carbocycles. The molecular formula is C18H33IN4O3S. The summed E-state index contributed by atoms with van der Waals surface area (Å²) in [5, 5.41) is 6.16. The van der Waals surface area contributed by atoms with Crippen molar-refractivity contribution in [1.82, 2.24) is 15.4 Å². The SMILES string of the molecule is CN=C(NCCCOCC(C)C)NCCS(=O)(=O)NCc1ccccc1.I. The van der Waals surface area contributed by atoms with Crippen LogP contribution in [-0.2, 0) is 21.3 Å². The summed E-state index contributed by atoms with van der Waals surface area (Å²) in [6, 6.07) is 9.44. The lowest BCUT2D eigenvalue weighted by atomic mass is 10.2. The van der Waals surface area contributed by atoms with Gasteiger partial charge in [-0.25, -0.2) is 13.1 Å². The van der Waals surface area contributed by atoms with Crippen molar-refractivity contribution in [1.29, 1.82) is 0 Å². The third-order valence-electron chi connectivity index (χ3n) is 3.43. The van der Waals surface area contributed by atoms with E-state index in [1.807, 2.05) is 30.3 Å². The maximum Gasteiger partial charge on any atom is 0.213 e. The van der Waals surface area contributed by atoms with Gasteiger partial charge in [0.25, 0.3) is 0 Å². The van der Waals surface area contributed by atoms with E-state index in [-0.39, 0.29) is 36.3 Å². The van der Waals surface area contributed by atoms with Crippen LogP contribution in [0.2, 0.25) is 0 Å². The minimum atomic E-state index is -3.34. The Kier molecular flexibility index (Phi) is 14.6. The van der Waals surface area contributed by atoms with Gasteiger partial charge in [0.15, 0.2) is 5.96 Å². The van der Waals surface area contributed by atoms with Crippen LogP contribution in [0.25, 0.3) is 0 Å². The Morgan fingerprint density at radius 3 is 2.44 bits per heavy atom. The van der Waals surface area contributed by atoms with Crippen LogP contribution >= 0.6 is 24.0 Å². The number of aliphatic imine (C=N–C) groups is 1. The van der Waals surface area contributed by atoms with E-state index in [9.17, 15) is 8.42 Å². The minimum Gasteiger partial charge on any atom is -0.381 e. The van der Waals surface area contributed by atoms with Crippen LogP contribution in [0.5, 0.6) is 0 Å². The van der Waals surface area contributed by atoms with E-state index in [1.54, 1.807) is 7.05 Å². The zero-order valence-electron chi connectivity index (χ0n) is 16.4. The molecule has 0 bridgehead atoms. The Labute approximate surface area is 180 Å². The van der Waals surface area contributed by atoms with Gasteiger partial charge < -0.3 is 15.4 Å². The maximum atomic E-state index is 12.0. The van der Waals surface area contributed by atoms with Gasteiger partial charge in [0.05, 0.1) is 5.75 Å². The van der Waals surface area contributed by atoms with Gasteiger partial charge in [-0.2, -0.15) is 0 Å². The fourth-order valence-electron chi connectivity index (χ4n) is 2.09. The molecule has 156 valence electrons. The van der Waals surface area contributed by atoms with Crippen LogP contribution in [-0.4, -0.2) is 53.5 Å². The second kappa shape index (κ2) is 15.1. The van der Waals surface area contributed by atoms with Crippen molar-refractivity contribution >= 4 is 40.0 Å². The maximum absolute atomic E-state index is 12.0. The van der Waals surface area contributed by atoms with E-state index in [4.69, 9.17) is 4.74 Å². The predicted octanol–water partition coefficient (Wildman–Crippen LogP) is 1.95. The molecule has 0 atom stereocenters. The number of benzene rings is 1. The fraction of sp³-hybridized carbons (Fsp3) is 0.611. The molecule has 0 fully saturated rings. The zero-order chi connectivity index (χ0) is 19.3. The molecule has 3 N–H and O–H groups in total. The predicted molar refractivity (Wildman–Crippen MR) is 122 cm³/mol. The number of nitrogens with one attached hydrogen (secondary N) is 3. The highest BCUT2D eigenvalue weighted by molar-refractivity contribution is 14.0. The second-order valence-electron chi connectivity index (χ2n) is 6.37. The molecule has 0 saturated heterocycles. The topological polar surface area (TPSA) is 91.8 Å². The number of sulfonamides is 1. The van der Waals surface area contributed by atoms with E-state index >= 15 is 0 Å². The lowest BCUT2D eigenvalue weighted by Crippen LogP contribution is -2.41. The molecule has 0 aliphatic rings. The van der Waals surface area contributed by atoms with Crippen molar-refractivity contribution in [3.05, 3.63) is 35.9 Å². The Balaban J connectivity index is 0.00000676. The van der Waals surface area contributed by atoms with Crippen LogP contribution in [0.1, 0.15) is 25.8 Å². The van der Waals surface area contributed by atoms with Gasteiger partial charge in [-0.15, -0.1) is 24.0 Å². The number of guanidine groups is 1. The Morgan fingerprint density at radius 2 is 1.81 bits per heavy atom.